The Balaban J connectivity index is 1.73. The number of hydrogen-bond donors (Lipinski definition) is 1. The molecule has 2 aliphatic rings. The zero-order valence-electron chi connectivity index (χ0n) is 13.0. The fourth-order valence-electron chi connectivity index (χ4n) is 2.42. The van der Waals surface area contributed by atoms with Crippen LogP contribution >= 0.6 is 11.8 Å². The van der Waals surface area contributed by atoms with E-state index in [1.807, 2.05) is 37.4 Å². The number of thioether (sulfide) groups is 1. The molecule has 0 spiro atoms. The van der Waals surface area contributed by atoms with Gasteiger partial charge in [0, 0.05) is 30.9 Å². The van der Waals surface area contributed by atoms with Crippen LogP contribution < -0.4 is 5.32 Å². The minimum absolute atomic E-state index is 0.153. The number of nitrogens with zero attached hydrogens (tertiary/aromatic N) is 1. The molecule has 1 saturated carbocycles. The third-order valence-corrected chi connectivity index (χ3v) is 4.78. The number of rotatable bonds is 5. The maximum atomic E-state index is 12.2. The summed E-state index contributed by atoms with van der Waals surface area (Å²) in [6.45, 7) is 7.41. The third kappa shape index (κ3) is 5.52. The molecule has 1 atom stereocenters. The van der Waals surface area contributed by atoms with Gasteiger partial charge in [-0.25, -0.2) is 4.79 Å². The lowest BCUT2D eigenvalue weighted by molar-refractivity contribution is 0.0235. The van der Waals surface area contributed by atoms with Gasteiger partial charge in [-0.05, 0) is 52.2 Å². The van der Waals surface area contributed by atoms with Crippen LogP contribution in [0.1, 0.15) is 46.5 Å². The number of carbonyl (C=O) groups is 1. The lowest BCUT2D eigenvalue weighted by Gasteiger charge is -2.29. The van der Waals surface area contributed by atoms with E-state index in [0.29, 0.717) is 12.1 Å². The van der Waals surface area contributed by atoms with Gasteiger partial charge in [-0.1, -0.05) is 0 Å². The zero-order valence-corrected chi connectivity index (χ0v) is 13.8. The highest BCUT2D eigenvalue weighted by atomic mass is 32.2. The third-order valence-electron chi connectivity index (χ3n) is 3.56. The van der Waals surface area contributed by atoms with Gasteiger partial charge in [0.2, 0.25) is 0 Å². The molecule has 0 aromatic heterocycles. The van der Waals surface area contributed by atoms with Crippen LogP contribution in [0.15, 0.2) is 0 Å². The average Bonchev–Trinajstić information content (AvgIpc) is 3.18. The van der Waals surface area contributed by atoms with Gasteiger partial charge in [0.15, 0.2) is 0 Å². The van der Waals surface area contributed by atoms with Crippen LogP contribution in [0.25, 0.3) is 0 Å². The Morgan fingerprint density at radius 1 is 1.35 bits per heavy atom. The molecule has 1 aliphatic carbocycles. The van der Waals surface area contributed by atoms with Crippen molar-refractivity contribution in [1.82, 2.24) is 10.2 Å². The Bertz CT molecular complexity index is 320. The fraction of sp³-hybridized carbons (Fsp3) is 0.933. The van der Waals surface area contributed by atoms with Gasteiger partial charge in [0.05, 0.1) is 0 Å². The molecule has 1 amide bonds. The molecular formula is C15H28N2O2S. The molecule has 0 aromatic carbocycles. The van der Waals surface area contributed by atoms with E-state index >= 15 is 0 Å². The topological polar surface area (TPSA) is 41.6 Å². The van der Waals surface area contributed by atoms with E-state index in [1.54, 1.807) is 0 Å². The SMILES string of the molecule is CC(C)(C)OC(=O)N(CCNC1CCCSC1)C1CC1. The number of amides is 1. The maximum absolute atomic E-state index is 12.2. The minimum Gasteiger partial charge on any atom is -0.444 e. The van der Waals surface area contributed by atoms with Crippen molar-refractivity contribution in [2.24, 2.45) is 0 Å². The van der Waals surface area contributed by atoms with Crippen LogP contribution in [0.4, 0.5) is 4.79 Å². The summed E-state index contributed by atoms with van der Waals surface area (Å²) in [4.78, 5) is 14.1. The molecule has 4 nitrogen and oxygen atoms in total. The number of carbonyl (C=O) groups excluding carboxylic acids is 1. The molecule has 5 heteroatoms. The van der Waals surface area contributed by atoms with E-state index in [2.05, 4.69) is 5.32 Å². The second-order valence-corrected chi connectivity index (χ2v) is 7.92. The van der Waals surface area contributed by atoms with E-state index in [-0.39, 0.29) is 6.09 Å². The summed E-state index contributed by atoms with van der Waals surface area (Å²) in [5.41, 5.74) is -0.405. The Hall–Kier alpha value is -0.420. The van der Waals surface area contributed by atoms with Crippen LogP contribution in [0.5, 0.6) is 0 Å². The summed E-state index contributed by atoms with van der Waals surface area (Å²) in [6, 6.07) is 1.03. The number of ether oxygens (including phenoxy) is 1. The van der Waals surface area contributed by atoms with Gasteiger partial charge >= 0.3 is 6.09 Å². The second kappa shape index (κ2) is 7.03. The van der Waals surface area contributed by atoms with E-state index < -0.39 is 5.60 Å². The van der Waals surface area contributed by atoms with Crippen molar-refractivity contribution in [2.45, 2.75) is 64.1 Å². The monoisotopic (exact) mass is 300 g/mol. The van der Waals surface area contributed by atoms with Crippen molar-refractivity contribution >= 4 is 17.9 Å². The molecular weight excluding hydrogens is 272 g/mol. The van der Waals surface area contributed by atoms with Crippen molar-refractivity contribution in [3.63, 3.8) is 0 Å². The lowest BCUT2D eigenvalue weighted by atomic mass is 10.2. The van der Waals surface area contributed by atoms with Crippen LogP contribution in [-0.4, -0.2) is 53.3 Å². The Labute approximate surface area is 127 Å². The molecule has 0 aromatic rings. The van der Waals surface area contributed by atoms with Gasteiger partial charge in [0.1, 0.15) is 5.60 Å². The quantitative estimate of drug-likeness (QED) is 0.848. The molecule has 20 heavy (non-hydrogen) atoms. The summed E-state index contributed by atoms with van der Waals surface area (Å²) in [5, 5.41) is 3.58. The first-order chi connectivity index (χ1) is 9.46. The molecule has 1 aliphatic heterocycles. The number of hydrogen-bond acceptors (Lipinski definition) is 4. The number of nitrogens with one attached hydrogen (secondary N) is 1. The minimum atomic E-state index is -0.405. The highest BCUT2D eigenvalue weighted by molar-refractivity contribution is 7.99. The molecule has 116 valence electrons. The first kappa shape index (κ1) is 16.0. The Morgan fingerprint density at radius 3 is 2.65 bits per heavy atom. The highest BCUT2D eigenvalue weighted by Crippen LogP contribution is 2.28. The first-order valence-corrected chi connectivity index (χ1v) is 8.92. The van der Waals surface area contributed by atoms with Crippen molar-refractivity contribution in [3.8, 4) is 0 Å². The van der Waals surface area contributed by atoms with Crippen molar-refractivity contribution in [1.29, 1.82) is 0 Å². The smallest absolute Gasteiger partial charge is 0.410 e. The van der Waals surface area contributed by atoms with E-state index in [0.717, 1.165) is 25.9 Å². The van der Waals surface area contributed by atoms with Crippen LogP contribution in [-0.2, 0) is 4.74 Å². The molecule has 0 radical (unpaired) electrons. The highest BCUT2D eigenvalue weighted by Gasteiger charge is 2.34. The normalized spacial score (nSPS) is 23.4. The molecule has 1 heterocycles. The largest absolute Gasteiger partial charge is 0.444 e. The average molecular weight is 300 g/mol. The molecule has 2 fully saturated rings. The van der Waals surface area contributed by atoms with E-state index in [4.69, 9.17) is 4.74 Å². The van der Waals surface area contributed by atoms with E-state index in [9.17, 15) is 4.79 Å². The predicted octanol–water partition coefficient (Wildman–Crippen LogP) is 2.87. The van der Waals surface area contributed by atoms with Gasteiger partial charge in [0.25, 0.3) is 0 Å². The fourth-order valence-corrected chi connectivity index (χ4v) is 3.53. The predicted molar refractivity (Wildman–Crippen MR) is 84.3 cm³/mol. The maximum Gasteiger partial charge on any atom is 0.410 e. The van der Waals surface area contributed by atoms with Crippen molar-refractivity contribution < 1.29 is 9.53 Å². The molecule has 1 saturated heterocycles. The van der Waals surface area contributed by atoms with Gasteiger partial charge in [-0.3, -0.25) is 0 Å². The lowest BCUT2D eigenvalue weighted by Crippen LogP contribution is -2.44. The van der Waals surface area contributed by atoms with Gasteiger partial charge in [-0.2, -0.15) is 11.8 Å². The molecule has 0 bridgehead atoms. The molecule has 1 N–H and O–H groups in total. The molecule has 1 unspecified atom stereocenters. The van der Waals surface area contributed by atoms with Crippen LogP contribution in [0, 0.1) is 0 Å². The van der Waals surface area contributed by atoms with Crippen LogP contribution in [0.2, 0.25) is 0 Å². The van der Waals surface area contributed by atoms with E-state index in [1.165, 1.54) is 24.3 Å². The second-order valence-electron chi connectivity index (χ2n) is 6.77. The standard InChI is InChI=1S/C15H28N2O2S/c1-15(2,3)19-14(18)17(13-6-7-13)9-8-16-12-5-4-10-20-11-12/h12-13,16H,4-11H2,1-3H3. The summed E-state index contributed by atoms with van der Waals surface area (Å²) in [5.74, 6) is 2.50. The van der Waals surface area contributed by atoms with Gasteiger partial charge < -0.3 is 15.0 Å². The summed E-state index contributed by atoms with van der Waals surface area (Å²) < 4.78 is 5.50. The van der Waals surface area contributed by atoms with Crippen LogP contribution in [0.3, 0.4) is 0 Å². The van der Waals surface area contributed by atoms with Gasteiger partial charge in [-0.15, -0.1) is 0 Å². The van der Waals surface area contributed by atoms with Crippen molar-refractivity contribution in [2.75, 3.05) is 24.6 Å². The zero-order chi connectivity index (χ0) is 14.6. The summed E-state index contributed by atoms with van der Waals surface area (Å²) in [6.07, 6.45) is 4.67. The molecule has 2 rings (SSSR count). The Kier molecular flexibility index (Phi) is 5.61. The van der Waals surface area contributed by atoms with Crippen molar-refractivity contribution in [3.05, 3.63) is 0 Å². The first-order valence-electron chi connectivity index (χ1n) is 7.76. The summed E-state index contributed by atoms with van der Waals surface area (Å²) >= 11 is 2.03. The Morgan fingerprint density at radius 2 is 2.10 bits per heavy atom. The summed E-state index contributed by atoms with van der Waals surface area (Å²) in [7, 11) is 0.